The van der Waals surface area contributed by atoms with Gasteiger partial charge in [0.2, 0.25) is 10.0 Å². The molecular weight excluding hydrogens is 246 g/mol. The minimum atomic E-state index is -3.16. The average molecular weight is 269 g/mol. The zero-order chi connectivity index (χ0) is 12.4. The summed E-state index contributed by atoms with van der Waals surface area (Å²) < 4.78 is 25.7. The molecule has 0 heterocycles. The van der Waals surface area contributed by atoms with E-state index in [2.05, 4.69) is 11.6 Å². The highest BCUT2D eigenvalue weighted by Crippen LogP contribution is 2.05. The van der Waals surface area contributed by atoms with Gasteiger partial charge in [-0.15, -0.1) is 0 Å². The molecule has 0 aromatic carbocycles. The molecule has 0 bridgehead atoms. The lowest BCUT2D eigenvalue weighted by atomic mass is 10.3. The van der Waals surface area contributed by atoms with Crippen molar-refractivity contribution in [1.29, 1.82) is 0 Å². The van der Waals surface area contributed by atoms with Crippen LogP contribution in [0.4, 0.5) is 0 Å². The summed E-state index contributed by atoms with van der Waals surface area (Å²) >= 11 is 1.82. The van der Waals surface area contributed by atoms with E-state index in [0.29, 0.717) is 12.8 Å². The molecule has 1 atom stereocenters. The summed E-state index contributed by atoms with van der Waals surface area (Å²) in [4.78, 5) is 0. The van der Waals surface area contributed by atoms with Crippen molar-refractivity contribution in [2.24, 2.45) is 0 Å². The zero-order valence-corrected chi connectivity index (χ0v) is 11.7. The molecule has 6 heteroatoms. The molecule has 0 aliphatic heterocycles. The molecular formula is C10H23NO3S2. The molecule has 16 heavy (non-hydrogen) atoms. The van der Waals surface area contributed by atoms with Crippen molar-refractivity contribution in [2.45, 2.75) is 39.2 Å². The fraction of sp³-hybridized carbons (Fsp3) is 1.00. The molecule has 0 fully saturated rings. The number of hydrogen-bond acceptors (Lipinski definition) is 4. The van der Waals surface area contributed by atoms with Gasteiger partial charge in [-0.25, -0.2) is 13.1 Å². The molecule has 0 aliphatic carbocycles. The Balaban J connectivity index is 3.77. The number of sulfonamides is 1. The molecule has 4 nitrogen and oxygen atoms in total. The summed E-state index contributed by atoms with van der Waals surface area (Å²) in [5.74, 6) is 2.16. The Kier molecular flexibility index (Phi) is 9.40. The number of thioether (sulfide) groups is 1. The van der Waals surface area contributed by atoms with Gasteiger partial charge in [-0.05, 0) is 37.7 Å². The number of unbranched alkanes of at least 4 members (excludes halogenated alkanes) is 1. The molecule has 0 aliphatic rings. The first-order chi connectivity index (χ1) is 7.52. The number of aliphatic hydroxyl groups is 1. The molecule has 2 N–H and O–H groups in total. The van der Waals surface area contributed by atoms with Crippen molar-refractivity contribution in [3.63, 3.8) is 0 Å². The van der Waals surface area contributed by atoms with Crippen LogP contribution in [0.1, 0.15) is 33.1 Å². The van der Waals surface area contributed by atoms with Gasteiger partial charge >= 0.3 is 0 Å². The normalized spacial score (nSPS) is 13.9. The van der Waals surface area contributed by atoms with Gasteiger partial charge in [0.15, 0.2) is 0 Å². The first-order valence-corrected chi connectivity index (χ1v) is 8.51. The summed E-state index contributed by atoms with van der Waals surface area (Å²) in [6.45, 7) is 4.03. The minimum Gasteiger partial charge on any atom is -0.396 e. The third kappa shape index (κ3) is 9.45. The molecule has 0 saturated carbocycles. The van der Waals surface area contributed by atoms with Gasteiger partial charge in [-0.3, -0.25) is 0 Å². The van der Waals surface area contributed by atoms with E-state index in [4.69, 9.17) is 5.11 Å². The van der Waals surface area contributed by atoms with Crippen molar-refractivity contribution >= 4 is 21.8 Å². The van der Waals surface area contributed by atoms with Crippen LogP contribution in [0.25, 0.3) is 0 Å². The van der Waals surface area contributed by atoms with Crippen LogP contribution in [-0.2, 0) is 10.0 Å². The van der Waals surface area contributed by atoms with Crippen LogP contribution < -0.4 is 4.72 Å². The third-order valence-electron chi connectivity index (χ3n) is 2.10. The lowest BCUT2D eigenvalue weighted by Gasteiger charge is -2.13. The molecule has 0 rings (SSSR count). The second kappa shape index (κ2) is 9.27. The van der Waals surface area contributed by atoms with Crippen LogP contribution in [0, 0.1) is 0 Å². The fourth-order valence-corrected chi connectivity index (χ4v) is 3.47. The number of nitrogens with one attached hydrogen (secondary N) is 1. The predicted octanol–water partition coefficient (Wildman–Crippen LogP) is 1.21. The van der Waals surface area contributed by atoms with E-state index in [1.165, 1.54) is 0 Å². The Morgan fingerprint density at radius 1 is 1.38 bits per heavy atom. The maximum absolute atomic E-state index is 11.5. The quantitative estimate of drug-likeness (QED) is 0.585. The van der Waals surface area contributed by atoms with Crippen LogP contribution >= 0.6 is 11.8 Å². The van der Waals surface area contributed by atoms with E-state index in [1.807, 2.05) is 18.7 Å². The summed E-state index contributed by atoms with van der Waals surface area (Å²) in [6.07, 6.45) is 1.92. The van der Waals surface area contributed by atoms with E-state index in [0.717, 1.165) is 17.9 Å². The largest absolute Gasteiger partial charge is 0.396 e. The monoisotopic (exact) mass is 269 g/mol. The first kappa shape index (κ1) is 16.2. The van der Waals surface area contributed by atoms with Crippen LogP contribution in [0.15, 0.2) is 0 Å². The maximum Gasteiger partial charge on any atom is 0.211 e. The molecule has 98 valence electrons. The lowest BCUT2D eigenvalue weighted by Crippen LogP contribution is -2.34. The average Bonchev–Trinajstić information content (AvgIpc) is 2.17. The van der Waals surface area contributed by atoms with Crippen LogP contribution in [-0.4, -0.2) is 43.4 Å². The van der Waals surface area contributed by atoms with E-state index in [1.54, 1.807) is 0 Å². The standard InChI is InChI=1S/C10H23NO3S2/c1-3-15-8-6-10(2)11-16(13,14)9-5-4-7-12/h10-12H,3-9H2,1-2H3. The van der Waals surface area contributed by atoms with Gasteiger partial charge in [0.05, 0.1) is 5.75 Å². The second-order valence-corrected chi connectivity index (χ2v) is 7.02. The Labute approximate surface area is 103 Å². The number of aliphatic hydroxyl groups excluding tert-OH is 1. The summed E-state index contributed by atoms with van der Waals surface area (Å²) in [6, 6.07) is -0.00169. The van der Waals surface area contributed by atoms with Crippen LogP contribution in [0.2, 0.25) is 0 Å². The van der Waals surface area contributed by atoms with Crippen molar-refractivity contribution in [1.82, 2.24) is 4.72 Å². The highest BCUT2D eigenvalue weighted by molar-refractivity contribution is 7.99. The van der Waals surface area contributed by atoms with Gasteiger partial charge in [0, 0.05) is 12.6 Å². The van der Waals surface area contributed by atoms with Crippen molar-refractivity contribution in [3.05, 3.63) is 0 Å². The second-order valence-electron chi connectivity index (χ2n) is 3.75. The van der Waals surface area contributed by atoms with E-state index < -0.39 is 10.0 Å². The smallest absolute Gasteiger partial charge is 0.211 e. The fourth-order valence-electron chi connectivity index (χ4n) is 1.23. The lowest BCUT2D eigenvalue weighted by molar-refractivity contribution is 0.287. The van der Waals surface area contributed by atoms with Crippen molar-refractivity contribution in [2.75, 3.05) is 23.9 Å². The Bertz CT molecular complexity index is 255. The molecule has 0 radical (unpaired) electrons. The highest BCUT2D eigenvalue weighted by atomic mass is 32.2. The van der Waals surface area contributed by atoms with E-state index in [-0.39, 0.29) is 18.4 Å². The highest BCUT2D eigenvalue weighted by Gasteiger charge is 2.13. The molecule has 1 unspecified atom stereocenters. The van der Waals surface area contributed by atoms with Gasteiger partial charge in [0.25, 0.3) is 0 Å². The molecule has 0 aromatic heterocycles. The molecule has 0 spiro atoms. The van der Waals surface area contributed by atoms with Crippen LogP contribution in [0.5, 0.6) is 0 Å². The molecule has 0 amide bonds. The van der Waals surface area contributed by atoms with Crippen molar-refractivity contribution < 1.29 is 13.5 Å². The molecule has 0 aromatic rings. The predicted molar refractivity (Wildman–Crippen MR) is 70.3 cm³/mol. The maximum atomic E-state index is 11.5. The van der Waals surface area contributed by atoms with E-state index in [9.17, 15) is 8.42 Å². The SMILES string of the molecule is CCSCCC(C)NS(=O)(=O)CCCCO. The van der Waals surface area contributed by atoms with E-state index >= 15 is 0 Å². The first-order valence-electron chi connectivity index (χ1n) is 5.70. The summed E-state index contributed by atoms with van der Waals surface area (Å²) in [5.41, 5.74) is 0. The van der Waals surface area contributed by atoms with Gasteiger partial charge in [-0.1, -0.05) is 6.92 Å². The Morgan fingerprint density at radius 2 is 2.06 bits per heavy atom. The Hall–Kier alpha value is 0.220. The topological polar surface area (TPSA) is 66.4 Å². The number of hydrogen-bond donors (Lipinski definition) is 2. The Morgan fingerprint density at radius 3 is 2.62 bits per heavy atom. The van der Waals surface area contributed by atoms with Crippen LogP contribution in [0.3, 0.4) is 0 Å². The third-order valence-corrected chi connectivity index (χ3v) is 4.62. The van der Waals surface area contributed by atoms with Gasteiger partial charge < -0.3 is 5.11 Å². The number of rotatable bonds is 10. The van der Waals surface area contributed by atoms with Crippen molar-refractivity contribution in [3.8, 4) is 0 Å². The van der Waals surface area contributed by atoms with Gasteiger partial charge in [-0.2, -0.15) is 11.8 Å². The minimum absolute atomic E-state index is 0.00169. The van der Waals surface area contributed by atoms with Gasteiger partial charge in [0.1, 0.15) is 0 Å². The summed E-state index contributed by atoms with van der Waals surface area (Å²) in [7, 11) is -3.16. The molecule has 0 saturated heterocycles. The summed E-state index contributed by atoms with van der Waals surface area (Å²) in [5, 5.41) is 8.57. The zero-order valence-electron chi connectivity index (χ0n) is 10.1.